The van der Waals surface area contributed by atoms with Gasteiger partial charge in [0, 0.05) is 12.6 Å². The van der Waals surface area contributed by atoms with Gasteiger partial charge in [-0.1, -0.05) is 0 Å². The largest absolute Gasteiger partial charge is 0.389 e. The van der Waals surface area contributed by atoms with E-state index in [4.69, 9.17) is 0 Å². The van der Waals surface area contributed by atoms with Crippen LogP contribution in [0.3, 0.4) is 0 Å². The van der Waals surface area contributed by atoms with Crippen LogP contribution < -0.4 is 4.72 Å². The van der Waals surface area contributed by atoms with Crippen LogP contribution in [0.25, 0.3) is 0 Å². The van der Waals surface area contributed by atoms with E-state index in [2.05, 4.69) is 4.72 Å². The van der Waals surface area contributed by atoms with Crippen molar-refractivity contribution in [2.45, 2.75) is 36.7 Å². The summed E-state index contributed by atoms with van der Waals surface area (Å²) in [5, 5.41) is 20.6. The molecule has 9 heteroatoms. The third-order valence-corrected chi connectivity index (χ3v) is 4.97. The van der Waals surface area contributed by atoms with Crippen molar-refractivity contribution in [2.24, 2.45) is 0 Å². The van der Waals surface area contributed by atoms with Crippen molar-refractivity contribution in [3.05, 3.63) is 33.6 Å². The lowest BCUT2D eigenvalue weighted by Gasteiger charge is -2.36. The lowest BCUT2D eigenvalue weighted by molar-refractivity contribution is -0.387. The van der Waals surface area contributed by atoms with Crippen LogP contribution in [-0.2, 0) is 10.0 Å². The number of hydrogen-bond acceptors (Lipinski definition) is 5. The standard InChI is InChI=1S/C12H15FN2O5S/c1-8-5-9(6-10(11(8)13)15(17)18)21(19,20)14-7-12(16)3-2-4-12/h5-6,14,16H,2-4,7H2,1H3. The Morgan fingerprint density at radius 1 is 1.48 bits per heavy atom. The summed E-state index contributed by atoms with van der Waals surface area (Å²) >= 11 is 0. The average molecular weight is 318 g/mol. The Morgan fingerprint density at radius 2 is 2.10 bits per heavy atom. The normalized spacial score (nSPS) is 17.3. The summed E-state index contributed by atoms with van der Waals surface area (Å²) in [4.78, 5) is 9.37. The van der Waals surface area contributed by atoms with Gasteiger partial charge >= 0.3 is 5.69 Å². The molecular weight excluding hydrogens is 303 g/mol. The van der Waals surface area contributed by atoms with Crippen LogP contribution in [0.15, 0.2) is 17.0 Å². The number of aliphatic hydroxyl groups is 1. The topological polar surface area (TPSA) is 110 Å². The van der Waals surface area contributed by atoms with Gasteiger partial charge in [0.05, 0.1) is 15.4 Å². The number of nitrogens with zero attached hydrogens (tertiary/aromatic N) is 1. The van der Waals surface area contributed by atoms with Crippen LogP contribution in [0.4, 0.5) is 10.1 Å². The Hall–Kier alpha value is -1.58. The highest BCUT2D eigenvalue weighted by Gasteiger charge is 2.36. The fraction of sp³-hybridized carbons (Fsp3) is 0.500. The lowest BCUT2D eigenvalue weighted by Crippen LogP contribution is -2.47. The highest BCUT2D eigenvalue weighted by Crippen LogP contribution is 2.31. The predicted octanol–water partition coefficient (Wildman–Crippen LogP) is 1.24. The van der Waals surface area contributed by atoms with E-state index >= 15 is 0 Å². The Balaban J connectivity index is 2.29. The van der Waals surface area contributed by atoms with Crippen LogP contribution >= 0.6 is 0 Å². The minimum absolute atomic E-state index is 0.132. The summed E-state index contributed by atoms with van der Waals surface area (Å²) in [6.07, 6.45) is 1.82. The van der Waals surface area contributed by atoms with Gasteiger partial charge in [-0.3, -0.25) is 10.1 Å². The third kappa shape index (κ3) is 3.20. The molecule has 0 spiro atoms. The third-order valence-electron chi connectivity index (χ3n) is 3.59. The number of benzene rings is 1. The van der Waals surface area contributed by atoms with Gasteiger partial charge < -0.3 is 5.11 Å². The SMILES string of the molecule is Cc1cc(S(=O)(=O)NCC2(O)CCC2)cc([N+](=O)[O-])c1F. The Kier molecular flexibility index (Phi) is 4.00. The van der Waals surface area contributed by atoms with Crippen molar-refractivity contribution < 1.29 is 22.8 Å². The van der Waals surface area contributed by atoms with Crippen molar-refractivity contribution in [3.63, 3.8) is 0 Å². The van der Waals surface area contributed by atoms with Crippen molar-refractivity contribution in [1.82, 2.24) is 4.72 Å². The van der Waals surface area contributed by atoms with E-state index in [0.717, 1.165) is 12.5 Å². The van der Waals surface area contributed by atoms with E-state index < -0.39 is 36.9 Å². The van der Waals surface area contributed by atoms with Crippen molar-refractivity contribution in [1.29, 1.82) is 0 Å². The number of aryl methyl sites for hydroxylation is 1. The second kappa shape index (κ2) is 5.32. The van der Waals surface area contributed by atoms with E-state index in [-0.39, 0.29) is 12.1 Å². The highest BCUT2D eigenvalue weighted by atomic mass is 32.2. The zero-order valence-corrected chi connectivity index (χ0v) is 12.1. The van der Waals surface area contributed by atoms with Gasteiger partial charge in [-0.15, -0.1) is 0 Å². The quantitative estimate of drug-likeness (QED) is 0.627. The van der Waals surface area contributed by atoms with Crippen LogP contribution in [0.5, 0.6) is 0 Å². The molecule has 2 rings (SSSR count). The maximum absolute atomic E-state index is 13.6. The molecule has 0 aliphatic heterocycles. The molecule has 1 aromatic carbocycles. The summed E-state index contributed by atoms with van der Waals surface area (Å²) in [5.74, 6) is -1.06. The molecule has 7 nitrogen and oxygen atoms in total. The van der Waals surface area contributed by atoms with Crippen LogP contribution in [0, 0.1) is 22.9 Å². The lowest BCUT2D eigenvalue weighted by atomic mass is 9.81. The fourth-order valence-electron chi connectivity index (χ4n) is 2.08. The Labute approximate surface area is 121 Å². The van der Waals surface area contributed by atoms with E-state index in [1.54, 1.807) is 0 Å². The number of halogens is 1. The van der Waals surface area contributed by atoms with E-state index in [1.165, 1.54) is 6.92 Å². The first kappa shape index (κ1) is 15.8. The molecule has 1 aliphatic carbocycles. The first-order valence-electron chi connectivity index (χ1n) is 6.31. The van der Waals surface area contributed by atoms with Crippen molar-refractivity contribution in [3.8, 4) is 0 Å². The minimum atomic E-state index is -4.05. The van der Waals surface area contributed by atoms with E-state index in [9.17, 15) is 28.0 Å². The van der Waals surface area contributed by atoms with Gasteiger partial charge in [0.2, 0.25) is 15.8 Å². The van der Waals surface area contributed by atoms with Gasteiger partial charge in [0.1, 0.15) is 0 Å². The molecule has 0 atom stereocenters. The van der Waals surface area contributed by atoms with Crippen LogP contribution in [0.1, 0.15) is 24.8 Å². The summed E-state index contributed by atoms with van der Waals surface area (Å²) in [5.41, 5.74) is -2.08. The molecular formula is C12H15FN2O5S. The highest BCUT2D eigenvalue weighted by molar-refractivity contribution is 7.89. The molecule has 0 radical (unpaired) electrons. The molecule has 1 aliphatic rings. The minimum Gasteiger partial charge on any atom is -0.389 e. The number of rotatable bonds is 5. The summed E-state index contributed by atoms with van der Waals surface area (Å²) in [6.45, 7) is 1.08. The number of nitro benzene ring substituents is 1. The second-order valence-electron chi connectivity index (χ2n) is 5.23. The smallest absolute Gasteiger partial charge is 0.306 e. The van der Waals surface area contributed by atoms with Gasteiger partial charge in [-0.2, -0.15) is 4.39 Å². The van der Waals surface area contributed by atoms with Crippen molar-refractivity contribution in [2.75, 3.05) is 6.54 Å². The Bertz CT molecular complexity index is 685. The van der Waals surface area contributed by atoms with Gasteiger partial charge in [-0.25, -0.2) is 13.1 Å². The molecule has 1 fully saturated rings. The molecule has 0 unspecified atom stereocenters. The summed E-state index contributed by atoms with van der Waals surface area (Å²) in [6, 6.07) is 1.70. The maximum atomic E-state index is 13.6. The van der Waals surface area contributed by atoms with Crippen molar-refractivity contribution >= 4 is 15.7 Å². The zero-order chi connectivity index (χ0) is 15.8. The first-order valence-corrected chi connectivity index (χ1v) is 7.80. The molecule has 0 amide bonds. The molecule has 0 bridgehead atoms. The van der Waals surface area contributed by atoms with E-state index in [0.29, 0.717) is 18.9 Å². The molecule has 2 N–H and O–H groups in total. The van der Waals surface area contributed by atoms with Gasteiger partial charge in [0.15, 0.2) is 0 Å². The Morgan fingerprint density at radius 3 is 2.57 bits per heavy atom. The molecule has 1 aromatic rings. The fourth-order valence-corrected chi connectivity index (χ4v) is 3.30. The molecule has 0 aromatic heterocycles. The van der Waals surface area contributed by atoms with E-state index in [1.807, 2.05) is 0 Å². The van der Waals surface area contributed by atoms with Gasteiger partial charge in [0.25, 0.3) is 0 Å². The number of nitro groups is 1. The van der Waals surface area contributed by atoms with Crippen LogP contribution in [-0.4, -0.2) is 30.6 Å². The maximum Gasteiger partial charge on any atom is 0.306 e. The number of sulfonamides is 1. The zero-order valence-electron chi connectivity index (χ0n) is 11.3. The molecule has 0 heterocycles. The molecule has 21 heavy (non-hydrogen) atoms. The monoisotopic (exact) mass is 318 g/mol. The molecule has 1 saturated carbocycles. The number of hydrogen-bond donors (Lipinski definition) is 2. The average Bonchev–Trinajstić information content (AvgIpc) is 2.36. The molecule has 116 valence electrons. The first-order chi connectivity index (χ1) is 9.65. The predicted molar refractivity (Wildman–Crippen MR) is 71.8 cm³/mol. The number of nitrogens with one attached hydrogen (secondary N) is 1. The summed E-state index contributed by atoms with van der Waals surface area (Å²) < 4.78 is 40.0. The molecule has 0 saturated heterocycles. The summed E-state index contributed by atoms with van der Waals surface area (Å²) in [7, 11) is -4.05. The van der Waals surface area contributed by atoms with Crippen LogP contribution in [0.2, 0.25) is 0 Å². The second-order valence-corrected chi connectivity index (χ2v) is 7.00. The van der Waals surface area contributed by atoms with Gasteiger partial charge in [-0.05, 0) is 37.8 Å².